The van der Waals surface area contributed by atoms with Gasteiger partial charge in [-0.1, -0.05) is 11.6 Å². The van der Waals surface area contributed by atoms with Crippen molar-refractivity contribution in [2.24, 2.45) is 0 Å². The average Bonchev–Trinajstić information content (AvgIpc) is 2.22. The van der Waals surface area contributed by atoms with Gasteiger partial charge in [-0.2, -0.15) is 4.39 Å². The van der Waals surface area contributed by atoms with E-state index in [1.165, 1.54) is 12.1 Å². The quantitative estimate of drug-likeness (QED) is 0.503. The molecular formula is C10H10ClFN2O2. The summed E-state index contributed by atoms with van der Waals surface area (Å²) >= 11 is 5.57. The maximum atomic E-state index is 13.2. The molecule has 1 aromatic rings. The van der Waals surface area contributed by atoms with Gasteiger partial charge in [-0.25, -0.2) is 9.78 Å². The number of carbonyl (C=O) groups is 1. The van der Waals surface area contributed by atoms with E-state index in [1.807, 2.05) is 0 Å². The van der Waals surface area contributed by atoms with Gasteiger partial charge in [0.2, 0.25) is 5.83 Å². The molecule has 0 saturated carbocycles. The fourth-order valence-electron chi connectivity index (χ4n) is 0.978. The zero-order valence-corrected chi connectivity index (χ0v) is 9.29. The number of nitrogen functional groups attached to an aromatic ring is 1. The van der Waals surface area contributed by atoms with E-state index in [0.717, 1.165) is 6.08 Å². The molecule has 0 radical (unpaired) electrons. The SMILES string of the molecule is CCOC(=O)C(F)=Cc1ccc(Cl)nc1N. The van der Waals surface area contributed by atoms with Gasteiger partial charge in [-0.15, -0.1) is 0 Å². The standard InChI is InChI=1S/C10H10ClFN2O2/c1-2-16-10(15)7(12)5-6-3-4-8(11)14-9(6)13/h3-5H,2H2,1H3,(H2,13,14). The van der Waals surface area contributed by atoms with Gasteiger partial charge in [-0.05, 0) is 25.1 Å². The highest BCUT2D eigenvalue weighted by molar-refractivity contribution is 6.29. The van der Waals surface area contributed by atoms with Crippen LogP contribution in [-0.2, 0) is 9.53 Å². The van der Waals surface area contributed by atoms with Gasteiger partial charge < -0.3 is 10.5 Å². The summed E-state index contributed by atoms with van der Waals surface area (Å²) in [6.07, 6.45) is 0.955. The van der Waals surface area contributed by atoms with Gasteiger partial charge in [0, 0.05) is 5.56 Å². The molecular weight excluding hydrogens is 235 g/mol. The van der Waals surface area contributed by atoms with Gasteiger partial charge in [-0.3, -0.25) is 0 Å². The summed E-state index contributed by atoms with van der Waals surface area (Å²) in [5, 5.41) is 0.200. The Morgan fingerprint density at radius 3 is 2.94 bits per heavy atom. The Hall–Kier alpha value is -1.62. The molecule has 0 atom stereocenters. The Bertz CT molecular complexity index is 435. The average molecular weight is 245 g/mol. The molecule has 0 spiro atoms. The number of hydrogen-bond acceptors (Lipinski definition) is 4. The second-order valence-electron chi connectivity index (χ2n) is 2.82. The first kappa shape index (κ1) is 12.4. The number of anilines is 1. The highest BCUT2D eigenvalue weighted by Gasteiger charge is 2.10. The zero-order chi connectivity index (χ0) is 12.1. The van der Waals surface area contributed by atoms with Crippen LogP contribution in [0.3, 0.4) is 0 Å². The van der Waals surface area contributed by atoms with Crippen molar-refractivity contribution in [1.82, 2.24) is 4.98 Å². The lowest BCUT2D eigenvalue weighted by molar-refractivity contribution is -0.140. The summed E-state index contributed by atoms with van der Waals surface area (Å²) in [5.74, 6) is -2.01. The number of esters is 1. The number of pyridine rings is 1. The van der Waals surface area contributed by atoms with Crippen molar-refractivity contribution in [3.63, 3.8) is 0 Å². The molecule has 0 aliphatic carbocycles. The monoisotopic (exact) mass is 244 g/mol. The van der Waals surface area contributed by atoms with Crippen LogP contribution in [0.15, 0.2) is 18.0 Å². The summed E-state index contributed by atoms with van der Waals surface area (Å²) < 4.78 is 17.7. The number of nitrogens with two attached hydrogens (primary N) is 1. The first-order valence-corrected chi connectivity index (χ1v) is 4.88. The second kappa shape index (κ2) is 5.46. The van der Waals surface area contributed by atoms with E-state index in [4.69, 9.17) is 17.3 Å². The molecule has 0 aliphatic rings. The number of carbonyl (C=O) groups excluding carboxylic acids is 1. The molecule has 0 unspecified atom stereocenters. The lowest BCUT2D eigenvalue weighted by Gasteiger charge is -2.01. The third-order valence-electron chi connectivity index (χ3n) is 1.68. The van der Waals surface area contributed by atoms with Gasteiger partial charge in [0.25, 0.3) is 0 Å². The predicted molar refractivity (Wildman–Crippen MR) is 59.4 cm³/mol. The minimum absolute atomic E-state index is 0.0481. The van der Waals surface area contributed by atoms with Crippen molar-refractivity contribution in [2.45, 2.75) is 6.92 Å². The highest BCUT2D eigenvalue weighted by atomic mass is 35.5. The highest BCUT2D eigenvalue weighted by Crippen LogP contribution is 2.17. The van der Waals surface area contributed by atoms with Crippen LogP contribution in [0, 0.1) is 0 Å². The minimum Gasteiger partial charge on any atom is -0.461 e. The van der Waals surface area contributed by atoms with Crippen molar-refractivity contribution in [3.05, 3.63) is 28.7 Å². The first-order valence-electron chi connectivity index (χ1n) is 4.51. The fourth-order valence-corrected chi connectivity index (χ4v) is 1.13. The normalized spacial score (nSPS) is 11.3. The third kappa shape index (κ3) is 3.20. The Labute approximate surface area is 96.9 Å². The minimum atomic E-state index is -1.03. The van der Waals surface area contributed by atoms with Crippen molar-refractivity contribution in [1.29, 1.82) is 0 Å². The molecule has 4 nitrogen and oxygen atoms in total. The van der Waals surface area contributed by atoms with Crippen molar-refractivity contribution < 1.29 is 13.9 Å². The van der Waals surface area contributed by atoms with Crippen LogP contribution in [0.25, 0.3) is 6.08 Å². The zero-order valence-electron chi connectivity index (χ0n) is 8.54. The van der Waals surface area contributed by atoms with E-state index in [0.29, 0.717) is 0 Å². The van der Waals surface area contributed by atoms with E-state index in [-0.39, 0.29) is 23.1 Å². The van der Waals surface area contributed by atoms with Gasteiger partial charge in [0.1, 0.15) is 11.0 Å². The predicted octanol–water partition coefficient (Wildman–Crippen LogP) is 2.19. The molecule has 1 aromatic heterocycles. The maximum Gasteiger partial charge on any atom is 0.367 e. The molecule has 0 fully saturated rings. The Balaban J connectivity index is 2.94. The van der Waals surface area contributed by atoms with Gasteiger partial charge >= 0.3 is 5.97 Å². The molecule has 0 bridgehead atoms. The number of halogens is 2. The van der Waals surface area contributed by atoms with Crippen LogP contribution >= 0.6 is 11.6 Å². The molecule has 2 N–H and O–H groups in total. The Kier molecular flexibility index (Phi) is 4.25. The topological polar surface area (TPSA) is 65.2 Å². The van der Waals surface area contributed by atoms with E-state index < -0.39 is 11.8 Å². The second-order valence-corrected chi connectivity index (χ2v) is 3.21. The van der Waals surface area contributed by atoms with E-state index in [2.05, 4.69) is 9.72 Å². The van der Waals surface area contributed by atoms with Gasteiger partial charge in [0.05, 0.1) is 6.61 Å². The van der Waals surface area contributed by atoms with Gasteiger partial charge in [0.15, 0.2) is 0 Å². The lowest BCUT2D eigenvalue weighted by Crippen LogP contribution is -2.04. The van der Waals surface area contributed by atoms with E-state index in [9.17, 15) is 9.18 Å². The summed E-state index contributed by atoms with van der Waals surface area (Å²) in [6, 6.07) is 2.91. The first-order chi connectivity index (χ1) is 7.54. The van der Waals surface area contributed by atoms with Crippen molar-refractivity contribution in [3.8, 4) is 0 Å². The van der Waals surface area contributed by atoms with Crippen molar-refractivity contribution in [2.75, 3.05) is 12.3 Å². The largest absolute Gasteiger partial charge is 0.461 e. The molecule has 0 saturated heterocycles. The summed E-state index contributed by atoms with van der Waals surface area (Å²) in [4.78, 5) is 14.7. The van der Waals surface area contributed by atoms with Crippen molar-refractivity contribution >= 4 is 29.5 Å². The number of nitrogens with zero attached hydrogens (tertiary/aromatic N) is 1. The molecule has 0 aliphatic heterocycles. The van der Waals surface area contributed by atoms with Crippen LogP contribution in [0.4, 0.5) is 10.2 Å². The van der Waals surface area contributed by atoms with E-state index >= 15 is 0 Å². The number of hydrogen-bond donors (Lipinski definition) is 1. The molecule has 0 aromatic carbocycles. The molecule has 6 heteroatoms. The molecule has 1 heterocycles. The van der Waals surface area contributed by atoms with Crippen LogP contribution in [0.5, 0.6) is 0 Å². The molecule has 86 valence electrons. The molecule has 16 heavy (non-hydrogen) atoms. The number of ether oxygens (including phenoxy) is 1. The van der Waals surface area contributed by atoms with Crippen LogP contribution < -0.4 is 5.73 Å². The molecule has 0 amide bonds. The summed E-state index contributed by atoms with van der Waals surface area (Å²) in [7, 11) is 0. The van der Waals surface area contributed by atoms with Crippen LogP contribution in [0.2, 0.25) is 5.15 Å². The van der Waals surface area contributed by atoms with Crippen LogP contribution in [0.1, 0.15) is 12.5 Å². The number of aromatic nitrogens is 1. The number of rotatable bonds is 3. The maximum absolute atomic E-state index is 13.2. The fraction of sp³-hybridized carbons (Fsp3) is 0.200. The smallest absolute Gasteiger partial charge is 0.367 e. The van der Waals surface area contributed by atoms with Crippen LogP contribution in [-0.4, -0.2) is 17.6 Å². The third-order valence-corrected chi connectivity index (χ3v) is 1.89. The lowest BCUT2D eigenvalue weighted by atomic mass is 10.2. The van der Waals surface area contributed by atoms with E-state index in [1.54, 1.807) is 6.92 Å². The molecule has 1 rings (SSSR count). The Morgan fingerprint density at radius 2 is 2.38 bits per heavy atom. The summed E-state index contributed by atoms with van der Waals surface area (Å²) in [5.41, 5.74) is 5.76. The Morgan fingerprint density at radius 1 is 1.69 bits per heavy atom. The summed E-state index contributed by atoms with van der Waals surface area (Å²) in [6.45, 7) is 1.69.